The first-order chi connectivity index (χ1) is 16.6. The van der Waals surface area contributed by atoms with E-state index in [1.165, 1.54) is 18.0 Å². The first-order valence-electron chi connectivity index (χ1n) is 11.0. The van der Waals surface area contributed by atoms with Gasteiger partial charge in [-0.1, -0.05) is 48.5 Å². The highest BCUT2D eigenvalue weighted by Gasteiger charge is 2.33. The summed E-state index contributed by atoms with van der Waals surface area (Å²) >= 11 is 1.21. The molecule has 1 unspecified atom stereocenters. The SMILES string of the molecule is COc1ccc(C2CC(c3ccc4ccccc4c3)=NN2C(=O)CSc2cccc[n+]2[O-])cc1. The number of hydrogen-bond donors (Lipinski definition) is 0. The first kappa shape index (κ1) is 22.0. The molecule has 0 aliphatic carbocycles. The zero-order valence-corrected chi connectivity index (χ0v) is 19.4. The molecule has 6 nitrogen and oxygen atoms in total. The van der Waals surface area contributed by atoms with Crippen molar-refractivity contribution in [3.8, 4) is 5.75 Å². The van der Waals surface area contributed by atoms with Gasteiger partial charge in [0.2, 0.25) is 0 Å². The Morgan fingerprint density at radius 1 is 1.06 bits per heavy atom. The number of pyridine rings is 1. The van der Waals surface area contributed by atoms with E-state index in [9.17, 15) is 10.0 Å². The fraction of sp³-hybridized carbons (Fsp3) is 0.148. The molecule has 0 bridgehead atoms. The monoisotopic (exact) mass is 469 g/mol. The first-order valence-corrected chi connectivity index (χ1v) is 11.9. The molecular weight excluding hydrogens is 446 g/mol. The summed E-state index contributed by atoms with van der Waals surface area (Å²) in [5, 5.41) is 21.1. The summed E-state index contributed by atoms with van der Waals surface area (Å²) in [5.41, 5.74) is 2.85. The van der Waals surface area contributed by atoms with E-state index >= 15 is 0 Å². The fourth-order valence-electron chi connectivity index (χ4n) is 4.10. The lowest BCUT2D eigenvalue weighted by molar-refractivity contribution is -0.645. The molecule has 0 saturated carbocycles. The molecule has 1 aliphatic heterocycles. The van der Waals surface area contributed by atoms with E-state index in [2.05, 4.69) is 30.3 Å². The molecule has 1 aromatic heterocycles. The second-order valence-electron chi connectivity index (χ2n) is 7.99. The Balaban J connectivity index is 1.44. The lowest BCUT2D eigenvalue weighted by Gasteiger charge is -2.22. The summed E-state index contributed by atoms with van der Waals surface area (Å²) in [4.78, 5) is 13.3. The molecule has 1 amide bonds. The molecule has 0 spiro atoms. The van der Waals surface area contributed by atoms with Crippen LogP contribution in [0.4, 0.5) is 0 Å². The number of ether oxygens (including phenoxy) is 1. The van der Waals surface area contributed by atoms with E-state index in [1.54, 1.807) is 30.3 Å². The molecule has 4 aromatic rings. The number of benzene rings is 3. The Hall–Kier alpha value is -3.84. The largest absolute Gasteiger partial charge is 0.618 e. The molecule has 1 atom stereocenters. The van der Waals surface area contributed by atoms with Crippen molar-refractivity contribution in [2.45, 2.75) is 17.5 Å². The van der Waals surface area contributed by atoms with Crippen LogP contribution in [0.3, 0.4) is 0 Å². The lowest BCUT2D eigenvalue weighted by Crippen LogP contribution is -2.31. The van der Waals surface area contributed by atoms with Crippen molar-refractivity contribution in [2.24, 2.45) is 5.10 Å². The number of fused-ring (bicyclic) bond motifs is 1. The summed E-state index contributed by atoms with van der Waals surface area (Å²) in [6, 6.07) is 27.1. The third-order valence-electron chi connectivity index (χ3n) is 5.88. The van der Waals surface area contributed by atoms with E-state index in [-0.39, 0.29) is 17.7 Å². The Bertz CT molecular complexity index is 1370. The number of hydrogen-bond acceptors (Lipinski definition) is 5. The molecule has 0 fully saturated rings. The quantitative estimate of drug-likeness (QED) is 0.228. The molecule has 0 N–H and O–H groups in total. The van der Waals surface area contributed by atoms with E-state index in [1.807, 2.05) is 36.4 Å². The van der Waals surface area contributed by atoms with Crippen LogP contribution in [0.5, 0.6) is 5.75 Å². The Morgan fingerprint density at radius 3 is 2.59 bits per heavy atom. The number of carbonyl (C=O) groups is 1. The maximum Gasteiger partial charge on any atom is 0.253 e. The molecular formula is C27H23N3O3S. The van der Waals surface area contributed by atoms with Crippen LogP contribution in [-0.4, -0.2) is 29.5 Å². The summed E-state index contributed by atoms with van der Waals surface area (Å²) in [5.74, 6) is 0.730. The molecule has 34 heavy (non-hydrogen) atoms. The van der Waals surface area contributed by atoms with Gasteiger partial charge in [-0.05, 0) is 57.9 Å². The molecule has 0 radical (unpaired) electrons. The number of carbonyl (C=O) groups excluding carboxylic acids is 1. The number of aromatic nitrogens is 1. The minimum Gasteiger partial charge on any atom is -0.618 e. The highest BCUT2D eigenvalue weighted by atomic mass is 32.2. The fourth-order valence-corrected chi connectivity index (χ4v) is 4.86. The van der Waals surface area contributed by atoms with Crippen LogP contribution in [0.2, 0.25) is 0 Å². The van der Waals surface area contributed by atoms with Crippen molar-refractivity contribution < 1.29 is 14.3 Å². The number of methoxy groups -OCH3 is 1. The van der Waals surface area contributed by atoms with Crippen LogP contribution < -0.4 is 9.47 Å². The van der Waals surface area contributed by atoms with E-state index in [4.69, 9.17) is 9.84 Å². The Morgan fingerprint density at radius 2 is 1.82 bits per heavy atom. The summed E-state index contributed by atoms with van der Waals surface area (Å²) in [6.45, 7) is 0. The van der Waals surface area contributed by atoms with Gasteiger partial charge in [-0.2, -0.15) is 9.83 Å². The van der Waals surface area contributed by atoms with E-state index < -0.39 is 0 Å². The van der Waals surface area contributed by atoms with Crippen molar-refractivity contribution >= 4 is 34.2 Å². The average molecular weight is 470 g/mol. The molecule has 0 saturated heterocycles. The van der Waals surface area contributed by atoms with Gasteiger partial charge in [-0.3, -0.25) is 4.79 Å². The summed E-state index contributed by atoms with van der Waals surface area (Å²) < 4.78 is 6.06. The minimum absolute atomic E-state index is 0.118. The normalized spacial score (nSPS) is 15.4. The Labute approximate surface area is 202 Å². The zero-order valence-electron chi connectivity index (χ0n) is 18.6. The van der Waals surface area contributed by atoms with Crippen molar-refractivity contribution in [3.63, 3.8) is 0 Å². The second kappa shape index (κ2) is 9.57. The van der Waals surface area contributed by atoms with Gasteiger partial charge in [0.1, 0.15) is 5.75 Å². The Kier molecular flexibility index (Phi) is 6.18. The number of hydrazone groups is 1. The van der Waals surface area contributed by atoms with Crippen LogP contribution in [0.1, 0.15) is 23.6 Å². The number of amides is 1. The smallest absolute Gasteiger partial charge is 0.253 e. The van der Waals surface area contributed by atoms with E-state index in [0.29, 0.717) is 11.4 Å². The molecule has 1 aliphatic rings. The van der Waals surface area contributed by atoms with Gasteiger partial charge < -0.3 is 9.94 Å². The van der Waals surface area contributed by atoms with Crippen LogP contribution in [0, 0.1) is 5.21 Å². The predicted molar refractivity (Wildman–Crippen MR) is 134 cm³/mol. The van der Waals surface area contributed by atoms with Crippen LogP contribution in [0.25, 0.3) is 10.8 Å². The van der Waals surface area contributed by atoms with Crippen molar-refractivity contribution in [1.29, 1.82) is 0 Å². The topological polar surface area (TPSA) is 68.8 Å². The number of thioether (sulfide) groups is 1. The average Bonchev–Trinajstić information content (AvgIpc) is 3.33. The second-order valence-corrected chi connectivity index (χ2v) is 8.99. The summed E-state index contributed by atoms with van der Waals surface area (Å²) in [6.07, 6.45) is 2.03. The maximum atomic E-state index is 13.3. The highest BCUT2D eigenvalue weighted by Crippen LogP contribution is 2.35. The van der Waals surface area contributed by atoms with Crippen molar-refractivity contribution in [3.05, 3.63) is 107 Å². The van der Waals surface area contributed by atoms with Crippen LogP contribution in [0.15, 0.2) is 101 Å². The third kappa shape index (κ3) is 4.47. The van der Waals surface area contributed by atoms with Gasteiger partial charge in [0, 0.05) is 18.6 Å². The predicted octanol–water partition coefficient (Wildman–Crippen LogP) is 4.95. The van der Waals surface area contributed by atoms with Gasteiger partial charge in [0.15, 0.2) is 6.20 Å². The molecule has 3 aromatic carbocycles. The summed E-state index contributed by atoms with van der Waals surface area (Å²) in [7, 11) is 1.63. The molecule has 170 valence electrons. The van der Waals surface area contributed by atoms with E-state index in [0.717, 1.165) is 38.1 Å². The molecule has 2 heterocycles. The van der Waals surface area contributed by atoms with Gasteiger partial charge in [-0.15, -0.1) is 0 Å². The lowest BCUT2D eigenvalue weighted by atomic mass is 9.97. The van der Waals surface area contributed by atoms with Crippen LogP contribution in [-0.2, 0) is 4.79 Å². The standard InChI is InChI=1S/C27H23N3O3S/c1-33-23-13-11-20(12-14-23)25-17-24(22-10-9-19-6-2-3-7-21(19)16-22)28-30(25)26(31)18-34-27-8-4-5-15-29(27)32/h2-16,25H,17-18H2,1H3. The van der Waals surface area contributed by atoms with Crippen molar-refractivity contribution in [1.82, 2.24) is 5.01 Å². The number of nitrogens with zero attached hydrogens (tertiary/aromatic N) is 3. The van der Waals surface area contributed by atoms with Gasteiger partial charge in [-0.25, -0.2) is 5.01 Å². The number of rotatable bonds is 6. The molecule has 5 rings (SSSR count). The maximum absolute atomic E-state index is 13.3. The zero-order chi connectivity index (χ0) is 23.5. The highest BCUT2D eigenvalue weighted by molar-refractivity contribution is 7.99. The third-order valence-corrected chi connectivity index (χ3v) is 6.88. The van der Waals surface area contributed by atoms with Gasteiger partial charge in [0.05, 0.1) is 24.6 Å². The van der Waals surface area contributed by atoms with Crippen LogP contribution >= 0.6 is 11.8 Å². The minimum atomic E-state index is -0.226. The van der Waals surface area contributed by atoms with Crippen molar-refractivity contribution in [2.75, 3.05) is 12.9 Å². The van der Waals surface area contributed by atoms with Gasteiger partial charge in [0.25, 0.3) is 10.9 Å². The molecule has 7 heteroatoms. The van der Waals surface area contributed by atoms with Gasteiger partial charge >= 0.3 is 0 Å².